The molecule has 0 saturated carbocycles. The molecule has 2 fully saturated rings. The second kappa shape index (κ2) is 5.57. The van der Waals surface area contributed by atoms with E-state index in [0.29, 0.717) is 19.1 Å². The van der Waals surface area contributed by atoms with E-state index in [9.17, 15) is 4.79 Å². The molecule has 0 aromatic heterocycles. The van der Waals surface area contributed by atoms with E-state index in [4.69, 9.17) is 4.74 Å². The lowest BCUT2D eigenvalue weighted by Crippen LogP contribution is -2.50. The molecule has 0 aromatic rings. The zero-order chi connectivity index (χ0) is 13.2. The van der Waals surface area contributed by atoms with E-state index in [0.717, 1.165) is 26.1 Å². The van der Waals surface area contributed by atoms with Gasteiger partial charge in [-0.2, -0.15) is 0 Å². The minimum Gasteiger partial charge on any atom is -0.466 e. The maximum absolute atomic E-state index is 11.9. The van der Waals surface area contributed by atoms with Crippen molar-refractivity contribution < 1.29 is 9.53 Å². The highest BCUT2D eigenvalue weighted by molar-refractivity contribution is 5.71. The number of nitrogens with zero attached hydrogens (tertiary/aromatic N) is 2. The monoisotopic (exact) mass is 254 g/mol. The third kappa shape index (κ3) is 2.69. The SMILES string of the molecule is CCOC(=O)CC1(N2CCCC2)CC(C)N(C)C1. The molecule has 0 aliphatic carbocycles. The Morgan fingerprint density at radius 3 is 2.56 bits per heavy atom. The van der Waals surface area contributed by atoms with Crippen LogP contribution >= 0.6 is 0 Å². The molecule has 0 amide bonds. The van der Waals surface area contributed by atoms with Gasteiger partial charge in [-0.1, -0.05) is 0 Å². The van der Waals surface area contributed by atoms with Crippen LogP contribution in [0.4, 0.5) is 0 Å². The van der Waals surface area contributed by atoms with Crippen molar-refractivity contribution in [1.82, 2.24) is 9.80 Å². The number of likely N-dealkylation sites (tertiary alicyclic amines) is 2. The van der Waals surface area contributed by atoms with Gasteiger partial charge in [-0.15, -0.1) is 0 Å². The average molecular weight is 254 g/mol. The van der Waals surface area contributed by atoms with E-state index >= 15 is 0 Å². The van der Waals surface area contributed by atoms with Gasteiger partial charge in [0.2, 0.25) is 0 Å². The Morgan fingerprint density at radius 2 is 2.06 bits per heavy atom. The third-order valence-corrected chi connectivity index (χ3v) is 4.53. The van der Waals surface area contributed by atoms with Crippen molar-refractivity contribution in [2.45, 2.75) is 51.1 Å². The highest BCUT2D eigenvalue weighted by Crippen LogP contribution is 2.36. The molecular formula is C14H26N2O2. The quantitative estimate of drug-likeness (QED) is 0.712. The summed E-state index contributed by atoms with van der Waals surface area (Å²) in [6.07, 6.45) is 4.17. The van der Waals surface area contributed by atoms with E-state index < -0.39 is 0 Å². The van der Waals surface area contributed by atoms with E-state index in [2.05, 4.69) is 23.8 Å². The number of likely N-dealkylation sites (N-methyl/N-ethyl adjacent to an activating group) is 1. The van der Waals surface area contributed by atoms with Crippen LogP contribution in [0.1, 0.15) is 39.5 Å². The van der Waals surface area contributed by atoms with Crippen LogP contribution in [0, 0.1) is 0 Å². The maximum Gasteiger partial charge on any atom is 0.307 e. The van der Waals surface area contributed by atoms with Crippen molar-refractivity contribution in [2.24, 2.45) is 0 Å². The molecule has 0 spiro atoms. The highest BCUT2D eigenvalue weighted by Gasteiger charge is 2.47. The van der Waals surface area contributed by atoms with Gasteiger partial charge in [0.25, 0.3) is 0 Å². The Morgan fingerprint density at radius 1 is 1.39 bits per heavy atom. The minimum absolute atomic E-state index is 0.0247. The van der Waals surface area contributed by atoms with E-state index in [1.165, 1.54) is 12.8 Å². The van der Waals surface area contributed by atoms with Crippen LogP contribution in [-0.2, 0) is 9.53 Å². The van der Waals surface area contributed by atoms with Crippen LogP contribution in [-0.4, -0.2) is 60.6 Å². The molecule has 2 saturated heterocycles. The summed E-state index contributed by atoms with van der Waals surface area (Å²) in [6, 6.07) is 0.556. The first kappa shape index (κ1) is 13.8. The zero-order valence-corrected chi connectivity index (χ0v) is 11.9. The molecule has 4 nitrogen and oxygen atoms in total. The minimum atomic E-state index is -0.0353. The summed E-state index contributed by atoms with van der Waals surface area (Å²) in [5.41, 5.74) is 0.0247. The molecular weight excluding hydrogens is 228 g/mol. The Balaban J connectivity index is 2.10. The summed E-state index contributed by atoms with van der Waals surface area (Å²) in [5.74, 6) is -0.0353. The topological polar surface area (TPSA) is 32.8 Å². The Kier molecular flexibility index (Phi) is 4.28. The normalized spacial score (nSPS) is 34.1. The number of esters is 1. The smallest absolute Gasteiger partial charge is 0.307 e. The predicted octanol–water partition coefficient (Wildman–Crippen LogP) is 1.50. The second-order valence-corrected chi connectivity index (χ2v) is 5.87. The summed E-state index contributed by atoms with van der Waals surface area (Å²) in [7, 11) is 2.16. The summed E-state index contributed by atoms with van der Waals surface area (Å²) < 4.78 is 5.17. The van der Waals surface area contributed by atoms with Crippen molar-refractivity contribution in [1.29, 1.82) is 0 Å². The van der Waals surface area contributed by atoms with Crippen LogP contribution < -0.4 is 0 Å². The number of hydrogen-bond donors (Lipinski definition) is 0. The lowest BCUT2D eigenvalue weighted by Gasteiger charge is -2.38. The number of hydrogen-bond acceptors (Lipinski definition) is 4. The van der Waals surface area contributed by atoms with Crippen LogP contribution in [0.2, 0.25) is 0 Å². The number of rotatable bonds is 4. The number of carbonyl (C=O) groups is 1. The fourth-order valence-electron chi connectivity index (χ4n) is 3.53. The van der Waals surface area contributed by atoms with Gasteiger partial charge in [-0.3, -0.25) is 9.69 Å². The number of ether oxygens (including phenoxy) is 1. The molecule has 2 unspecified atom stereocenters. The molecule has 104 valence electrons. The molecule has 2 aliphatic rings. The Labute approximate surface area is 110 Å². The van der Waals surface area contributed by atoms with E-state index in [1.54, 1.807) is 0 Å². The Bertz CT molecular complexity index is 290. The van der Waals surface area contributed by atoms with Gasteiger partial charge in [0, 0.05) is 18.1 Å². The van der Waals surface area contributed by atoms with Crippen molar-refractivity contribution in [2.75, 3.05) is 33.3 Å². The van der Waals surface area contributed by atoms with Crippen LogP contribution in [0.5, 0.6) is 0 Å². The van der Waals surface area contributed by atoms with Gasteiger partial charge in [0.1, 0.15) is 0 Å². The Hall–Kier alpha value is -0.610. The number of carbonyl (C=O) groups excluding carboxylic acids is 1. The van der Waals surface area contributed by atoms with Gasteiger partial charge in [0.15, 0.2) is 0 Å². The lowest BCUT2D eigenvalue weighted by atomic mass is 9.90. The summed E-state index contributed by atoms with van der Waals surface area (Å²) in [5, 5.41) is 0. The second-order valence-electron chi connectivity index (χ2n) is 5.87. The third-order valence-electron chi connectivity index (χ3n) is 4.53. The average Bonchev–Trinajstić information content (AvgIpc) is 2.89. The lowest BCUT2D eigenvalue weighted by molar-refractivity contribution is -0.146. The first-order chi connectivity index (χ1) is 8.57. The van der Waals surface area contributed by atoms with E-state index in [-0.39, 0.29) is 11.5 Å². The zero-order valence-electron chi connectivity index (χ0n) is 11.9. The fraction of sp³-hybridized carbons (Fsp3) is 0.929. The maximum atomic E-state index is 11.9. The van der Waals surface area contributed by atoms with Crippen LogP contribution in [0.25, 0.3) is 0 Å². The van der Waals surface area contributed by atoms with Crippen molar-refractivity contribution >= 4 is 5.97 Å². The summed E-state index contributed by atoms with van der Waals surface area (Å²) >= 11 is 0. The van der Waals surface area contributed by atoms with E-state index in [1.807, 2.05) is 6.92 Å². The molecule has 4 heteroatoms. The first-order valence-electron chi connectivity index (χ1n) is 7.18. The summed E-state index contributed by atoms with van der Waals surface area (Å²) in [6.45, 7) is 7.89. The molecule has 2 aliphatic heterocycles. The van der Waals surface area contributed by atoms with Crippen molar-refractivity contribution in [3.63, 3.8) is 0 Å². The first-order valence-corrected chi connectivity index (χ1v) is 7.18. The molecule has 2 atom stereocenters. The molecule has 2 rings (SSSR count). The summed E-state index contributed by atoms with van der Waals surface area (Å²) in [4.78, 5) is 16.8. The fourth-order valence-corrected chi connectivity index (χ4v) is 3.53. The molecule has 0 N–H and O–H groups in total. The highest BCUT2D eigenvalue weighted by atomic mass is 16.5. The van der Waals surface area contributed by atoms with Crippen LogP contribution in [0.3, 0.4) is 0 Å². The molecule has 2 heterocycles. The van der Waals surface area contributed by atoms with Crippen molar-refractivity contribution in [3.8, 4) is 0 Å². The molecule has 18 heavy (non-hydrogen) atoms. The van der Waals surface area contributed by atoms with Crippen LogP contribution in [0.15, 0.2) is 0 Å². The van der Waals surface area contributed by atoms with Gasteiger partial charge in [-0.25, -0.2) is 0 Å². The van der Waals surface area contributed by atoms with Gasteiger partial charge >= 0.3 is 5.97 Å². The molecule has 0 aromatic carbocycles. The largest absolute Gasteiger partial charge is 0.466 e. The van der Waals surface area contributed by atoms with Crippen molar-refractivity contribution in [3.05, 3.63) is 0 Å². The van der Waals surface area contributed by atoms with Gasteiger partial charge in [0.05, 0.1) is 13.0 Å². The standard InChI is InChI=1S/C14H26N2O2/c1-4-18-13(17)10-14(16-7-5-6-8-16)9-12(2)15(3)11-14/h12H,4-11H2,1-3H3. The van der Waals surface area contributed by atoms with Gasteiger partial charge < -0.3 is 9.64 Å². The molecule has 0 bridgehead atoms. The molecule has 0 radical (unpaired) electrons. The van der Waals surface area contributed by atoms with Gasteiger partial charge in [-0.05, 0) is 53.2 Å². The predicted molar refractivity (Wildman–Crippen MR) is 71.5 cm³/mol.